The molecule has 3 nitrogen and oxygen atoms in total. The van der Waals surface area contributed by atoms with Crippen molar-refractivity contribution in [1.82, 2.24) is 4.90 Å². The summed E-state index contributed by atoms with van der Waals surface area (Å²) in [6, 6.07) is 15.6. The molecule has 26 heavy (non-hydrogen) atoms. The molecule has 1 saturated heterocycles. The number of halogens is 1. The quantitative estimate of drug-likeness (QED) is 0.714. The van der Waals surface area contributed by atoms with Gasteiger partial charge in [-0.3, -0.25) is 0 Å². The summed E-state index contributed by atoms with van der Waals surface area (Å²) < 4.78 is 5.82. The van der Waals surface area contributed by atoms with E-state index >= 15 is 0 Å². The zero-order valence-electron chi connectivity index (χ0n) is 15.6. The molecule has 1 aliphatic rings. The zero-order valence-corrected chi connectivity index (χ0v) is 16.4. The van der Waals surface area contributed by atoms with Gasteiger partial charge in [-0.25, -0.2) is 0 Å². The number of benzene rings is 2. The topological polar surface area (TPSA) is 32.7 Å². The first-order valence-corrected chi connectivity index (χ1v) is 9.82. The Bertz CT molecular complexity index is 697. The van der Waals surface area contributed by atoms with Crippen LogP contribution in [0.25, 0.3) is 0 Å². The van der Waals surface area contributed by atoms with Crippen molar-refractivity contribution in [3.8, 4) is 11.5 Å². The normalized spacial score (nSPS) is 20.5. The van der Waals surface area contributed by atoms with Crippen molar-refractivity contribution in [1.29, 1.82) is 0 Å². The molecule has 0 amide bonds. The number of aliphatic hydroxyl groups is 1. The van der Waals surface area contributed by atoms with E-state index in [1.807, 2.05) is 43.3 Å². The predicted molar refractivity (Wildman–Crippen MR) is 107 cm³/mol. The van der Waals surface area contributed by atoms with Gasteiger partial charge in [0.05, 0.1) is 5.60 Å². The molecule has 1 aliphatic heterocycles. The van der Waals surface area contributed by atoms with Gasteiger partial charge in [0.2, 0.25) is 0 Å². The van der Waals surface area contributed by atoms with Crippen LogP contribution in [-0.4, -0.2) is 29.1 Å². The highest BCUT2D eigenvalue weighted by molar-refractivity contribution is 6.30. The van der Waals surface area contributed by atoms with Crippen molar-refractivity contribution in [2.75, 3.05) is 13.1 Å². The zero-order chi connectivity index (χ0) is 18.6. The van der Waals surface area contributed by atoms with Crippen molar-refractivity contribution in [3.63, 3.8) is 0 Å². The fourth-order valence-corrected chi connectivity index (χ4v) is 3.64. The van der Waals surface area contributed by atoms with Crippen LogP contribution >= 0.6 is 11.6 Å². The summed E-state index contributed by atoms with van der Waals surface area (Å²) in [6.45, 7) is 6.26. The van der Waals surface area contributed by atoms with Crippen LogP contribution in [0.15, 0.2) is 48.5 Å². The van der Waals surface area contributed by atoms with E-state index in [4.69, 9.17) is 16.3 Å². The molecule has 140 valence electrons. The number of hydrogen-bond acceptors (Lipinski definition) is 3. The van der Waals surface area contributed by atoms with Crippen molar-refractivity contribution in [2.24, 2.45) is 0 Å². The van der Waals surface area contributed by atoms with E-state index in [0.29, 0.717) is 11.1 Å². The van der Waals surface area contributed by atoms with Crippen LogP contribution in [-0.2, 0) is 5.60 Å². The maximum atomic E-state index is 10.9. The third-order valence-electron chi connectivity index (χ3n) is 5.35. The molecular weight excluding hydrogens is 346 g/mol. The van der Waals surface area contributed by atoms with Gasteiger partial charge in [-0.2, -0.15) is 0 Å². The van der Waals surface area contributed by atoms with Gasteiger partial charge in [-0.15, -0.1) is 0 Å². The molecule has 0 bridgehead atoms. The summed E-state index contributed by atoms with van der Waals surface area (Å²) in [5, 5.41) is 11.6. The van der Waals surface area contributed by atoms with Gasteiger partial charge in [-0.1, -0.05) is 30.2 Å². The average Bonchev–Trinajstić information content (AvgIpc) is 2.63. The van der Waals surface area contributed by atoms with Gasteiger partial charge < -0.3 is 14.7 Å². The lowest BCUT2D eigenvalue weighted by molar-refractivity contribution is 0.0269. The van der Waals surface area contributed by atoms with Gasteiger partial charge in [0, 0.05) is 17.6 Å². The lowest BCUT2D eigenvalue weighted by Crippen LogP contribution is -2.40. The number of rotatable bonds is 6. The van der Waals surface area contributed by atoms with Gasteiger partial charge in [-0.05, 0) is 81.6 Å². The third kappa shape index (κ3) is 5.00. The minimum absolute atomic E-state index is 0.620. The largest absolute Gasteiger partial charge is 0.457 e. The van der Waals surface area contributed by atoms with Crippen LogP contribution < -0.4 is 4.74 Å². The number of piperidine rings is 1. The molecule has 2 aromatic carbocycles. The first-order chi connectivity index (χ1) is 12.4. The molecule has 0 aromatic heterocycles. The fourth-order valence-electron chi connectivity index (χ4n) is 3.52. The van der Waals surface area contributed by atoms with E-state index in [9.17, 15) is 5.11 Å². The third-order valence-corrected chi connectivity index (χ3v) is 5.60. The Labute approximate surface area is 161 Å². The summed E-state index contributed by atoms with van der Waals surface area (Å²) >= 11 is 5.89. The fraction of sp³-hybridized carbons (Fsp3) is 0.455. The summed E-state index contributed by atoms with van der Waals surface area (Å²) in [6.07, 6.45) is 4.58. The first-order valence-electron chi connectivity index (χ1n) is 9.44. The monoisotopic (exact) mass is 373 g/mol. The van der Waals surface area contributed by atoms with E-state index in [2.05, 4.69) is 11.8 Å². The van der Waals surface area contributed by atoms with E-state index in [1.54, 1.807) is 12.1 Å². The van der Waals surface area contributed by atoms with Crippen LogP contribution in [0.4, 0.5) is 0 Å². The summed E-state index contributed by atoms with van der Waals surface area (Å²) in [5.41, 5.74) is 0.0845. The van der Waals surface area contributed by atoms with Gasteiger partial charge in [0.25, 0.3) is 0 Å². The highest BCUT2D eigenvalue weighted by atomic mass is 35.5. The minimum atomic E-state index is -0.837. The van der Waals surface area contributed by atoms with E-state index in [-0.39, 0.29) is 0 Å². The van der Waals surface area contributed by atoms with Gasteiger partial charge in [0.15, 0.2) is 0 Å². The Morgan fingerprint density at radius 1 is 1.08 bits per heavy atom. The number of nitrogens with zero attached hydrogens (tertiary/aromatic N) is 1. The lowest BCUT2D eigenvalue weighted by Gasteiger charge is -2.35. The Kier molecular flexibility index (Phi) is 6.23. The van der Waals surface area contributed by atoms with E-state index in [1.165, 1.54) is 19.3 Å². The van der Waals surface area contributed by atoms with Gasteiger partial charge >= 0.3 is 0 Å². The molecule has 1 heterocycles. The van der Waals surface area contributed by atoms with E-state index < -0.39 is 5.60 Å². The second kappa shape index (κ2) is 8.43. The second-order valence-electron chi connectivity index (χ2n) is 7.48. The van der Waals surface area contributed by atoms with Crippen molar-refractivity contribution < 1.29 is 9.84 Å². The van der Waals surface area contributed by atoms with Crippen LogP contribution in [0.3, 0.4) is 0 Å². The lowest BCUT2D eigenvalue weighted by atomic mass is 9.91. The van der Waals surface area contributed by atoms with Crippen molar-refractivity contribution in [2.45, 2.75) is 51.2 Å². The van der Waals surface area contributed by atoms with Gasteiger partial charge in [0.1, 0.15) is 11.5 Å². The number of hydrogen-bond donors (Lipinski definition) is 1. The molecule has 2 aromatic rings. The van der Waals surface area contributed by atoms with Crippen molar-refractivity contribution in [3.05, 3.63) is 59.1 Å². The highest BCUT2D eigenvalue weighted by Gasteiger charge is 2.26. The van der Waals surface area contributed by atoms with Crippen LogP contribution in [0, 0.1) is 0 Å². The Morgan fingerprint density at radius 2 is 1.69 bits per heavy atom. The molecule has 1 N–H and O–H groups in total. The Morgan fingerprint density at radius 3 is 2.31 bits per heavy atom. The summed E-state index contributed by atoms with van der Waals surface area (Å²) in [5.74, 6) is 1.49. The molecule has 2 unspecified atom stereocenters. The van der Waals surface area contributed by atoms with Crippen LogP contribution in [0.1, 0.15) is 45.1 Å². The molecule has 0 radical (unpaired) electrons. The second-order valence-corrected chi connectivity index (χ2v) is 7.92. The smallest absolute Gasteiger partial charge is 0.127 e. The maximum Gasteiger partial charge on any atom is 0.127 e. The minimum Gasteiger partial charge on any atom is -0.457 e. The molecule has 4 heteroatoms. The molecule has 0 saturated carbocycles. The standard InChI is InChI=1S/C22H28ClNO2/c1-17-5-3-4-15-24(17)16-14-22(2,25)18-6-10-20(11-7-18)26-21-12-8-19(23)9-13-21/h6-13,17,25H,3-5,14-16H2,1-2H3. The number of ether oxygens (including phenoxy) is 1. The molecule has 0 spiro atoms. The van der Waals surface area contributed by atoms with E-state index in [0.717, 1.165) is 36.6 Å². The molecule has 3 rings (SSSR count). The molecule has 1 fully saturated rings. The Balaban J connectivity index is 1.59. The highest BCUT2D eigenvalue weighted by Crippen LogP contribution is 2.29. The molecule has 2 atom stereocenters. The number of likely N-dealkylation sites (tertiary alicyclic amines) is 1. The van der Waals surface area contributed by atoms with Crippen LogP contribution in [0.2, 0.25) is 5.02 Å². The summed E-state index contributed by atoms with van der Waals surface area (Å²) in [7, 11) is 0. The first kappa shape index (κ1) is 19.2. The average molecular weight is 374 g/mol. The maximum absolute atomic E-state index is 10.9. The molecular formula is C22H28ClNO2. The van der Waals surface area contributed by atoms with Crippen molar-refractivity contribution >= 4 is 11.6 Å². The molecule has 0 aliphatic carbocycles. The SMILES string of the molecule is CC1CCCCN1CCC(C)(O)c1ccc(Oc2ccc(Cl)cc2)cc1. The van der Waals surface area contributed by atoms with Crippen LogP contribution in [0.5, 0.6) is 11.5 Å². The summed E-state index contributed by atoms with van der Waals surface area (Å²) in [4.78, 5) is 2.50. The Hall–Kier alpha value is -1.55. The predicted octanol–water partition coefficient (Wildman–Crippen LogP) is 5.60.